The molecule has 1 saturated heterocycles. The molecule has 1 heterocycles. The number of amides is 1. The largest absolute Gasteiger partial charge is 0.469 e. The van der Waals surface area contributed by atoms with E-state index >= 15 is 0 Å². The number of carbonyl (C=O) groups excluding carboxylic acids is 2. The van der Waals surface area contributed by atoms with Crippen LogP contribution in [0.25, 0.3) is 0 Å². The Morgan fingerprint density at radius 1 is 1.56 bits per heavy atom. The fourth-order valence-electron chi connectivity index (χ4n) is 1.58. The fraction of sp³-hybridized carbons (Fsp3) is 0.800. The van der Waals surface area contributed by atoms with Gasteiger partial charge in [0, 0.05) is 24.8 Å². The van der Waals surface area contributed by atoms with Crippen molar-refractivity contribution >= 4 is 27.8 Å². The highest BCUT2D eigenvalue weighted by molar-refractivity contribution is 9.09. The van der Waals surface area contributed by atoms with Gasteiger partial charge in [-0.25, -0.2) is 0 Å². The molecule has 0 aromatic heterocycles. The Labute approximate surface area is 103 Å². The van der Waals surface area contributed by atoms with Crippen LogP contribution in [0.4, 0.5) is 0 Å². The second-order valence-electron chi connectivity index (χ2n) is 3.55. The van der Waals surface area contributed by atoms with Crippen LogP contribution in [0.5, 0.6) is 0 Å². The molecule has 0 saturated carbocycles. The quantitative estimate of drug-likeness (QED) is 0.561. The zero-order valence-electron chi connectivity index (χ0n) is 9.28. The first-order chi connectivity index (χ1) is 7.67. The summed E-state index contributed by atoms with van der Waals surface area (Å²) in [5.41, 5.74) is 0. The van der Waals surface area contributed by atoms with Gasteiger partial charge in [0.2, 0.25) is 5.91 Å². The summed E-state index contributed by atoms with van der Waals surface area (Å²) >= 11 is 3.23. The Morgan fingerprint density at radius 3 is 2.94 bits per heavy atom. The molecule has 0 radical (unpaired) electrons. The van der Waals surface area contributed by atoms with Crippen molar-refractivity contribution in [3.8, 4) is 0 Å². The lowest BCUT2D eigenvalue weighted by Crippen LogP contribution is -2.46. The van der Waals surface area contributed by atoms with Crippen LogP contribution in [0.3, 0.4) is 0 Å². The number of nitrogens with zero attached hydrogens (tertiary/aromatic N) is 1. The van der Waals surface area contributed by atoms with E-state index < -0.39 is 0 Å². The van der Waals surface area contributed by atoms with E-state index in [1.165, 1.54) is 7.11 Å². The van der Waals surface area contributed by atoms with Crippen molar-refractivity contribution in [1.29, 1.82) is 0 Å². The summed E-state index contributed by atoms with van der Waals surface area (Å²) in [5.74, 6) is -0.213. The minimum atomic E-state index is -0.306. The maximum atomic E-state index is 11.6. The smallest absolute Gasteiger partial charge is 0.308 e. The van der Waals surface area contributed by atoms with Crippen molar-refractivity contribution in [3.63, 3.8) is 0 Å². The van der Waals surface area contributed by atoms with Crippen molar-refractivity contribution in [2.24, 2.45) is 0 Å². The lowest BCUT2D eigenvalue weighted by atomic mass is 10.2. The highest BCUT2D eigenvalue weighted by atomic mass is 79.9. The molecule has 0 spiro atoms. The molecular weight excluding hydrogens is 278 g/mol. The van der Waals surface area contributed by atoms with Crippen molar-refractivity contribution in [2.75, 3.05) is 32.1 Å². The molecule has 0 N–H and O–H groups in total. The molecule has 0 bridgehead atoms. The number of alkyl halides is 1. The summed E-state index contributed by atoms with van der Waals surface area (Å²) < 4.78 is 9.97. The van der Waals surface area contributed by atoms with Gasteiger partial charge in [-0.2, -0.15) is 0 Å². The lowest BCUT2D eigenvalue weighted by Gasteiger charge is -2.32. The molecule has 5 nitrogen and oxygen atoms in total. The number of methoxy groups -OCH3 is 1. The van der Waals surface area contributed by atoms with Crippen molar-refractivity contribution in [2.45, 2.75) is 18.9 Å². The van der Waals surface area contributed by atoms with Crippen LogP contribution >= 0.6 is 15.9 Å². The average molecular weight is 294 g/mol. The van der Waals surface area contributed by atoms with Gasteiger partial charge in [-0.1, -0.05) is 15.9 Å². The number of hydrogen-bond acceptors (Lipinski definition) is 4. The minimum Gasteiger partial charge on any atom is -0.469 e. The zero-order chi connectivity index (χ0) is 12.0. The van der Waals surface area contributed by atoms with Crippen LogP contribution in [-0.4, -0.2) is 55.0 Å². The number of morpholine rings is 1. The molecule has 92 valence electrons. The highest BCUT2D eigenvalue weighted by Crippen LogP contribution is 2.11. The average Bonchev–Trinajstić information content (AvgIpc) is 2.29. The molecule has 0 aromatic rings. The molecule has 1 aliphatic heterocycles. The van der Waals surface area contributed by atoms with Crippen LogP contribution in [0.2, 0.25) is 0 Å². The molecular formula is C10H16BrNO4. The van der Waals surface area contributed by atoms with Gasteiger partial charge in [0.05, 0.1) is 26.2 Å². The number of ether oxygens (including phenoxy) is 2. The summed E-state index contributed by atoms with van der Waals surface area (Å²) in [6, 6.07) is 0. The molecule has 1 rings (SSSR count). The van der Waals surface area contributed by atoms with Gasteiger partial charge in [0.15, 0.2) is 0 Å². The minimum absolute atomic E-state index is 0.0926. The van der Waals surface area contributed by atoms with E-state index in [1.807, 2.05) is 0 Å². The molecule has 1 aliphatic rings. The number of carbonyl (C=O) groups is 2. The molecule has 0 aliphatic carbocycles. The van der Waals surface area contributed by atoms with Crippen LogP contribution in [0, 0.1) is 0 Å². The summed E-state index contributed by atoms with van der Waals surface area (Å²) in [6.07, 6.45) is 0.444. The van der Waals surface area contributed by atoms with E-state index in [1.54, 1.807) is 4.90 Å². The third kappa shape index (κ3) is 4.09. The Kier molecular flexibility index (Phi) is 5.76. The van der Waals surface area contributed by atoms with Gasteiger partial charge >= 0.3 is 5.97 Å². The fourth-order valence-corrected chi connectivity index (χ4v) is 1.92. The van der Waals surface area contributed by atoms with E-state index in [9.17, 15) is 9.59 Å². The Bertz CT molecular complexity index is 259. The monoisotopic (exact) mass is 293 g/mol. The maximum Gasteiger partial charge on any atom is 0.308 e. The van der Waals surface area contributed by atoms with Gasteiger partial charge in [0.1, 0.15) is 0 Å². The second kappa shape index (κ2) is 6.85. The predicted molar refractivity (Wildman–Crippen MR) is 61.4 cm³/mol. The van der Waals surface area contributed by atoms with Crippen LogP contribution < -0.4 is 0 Å². The third-order valence-corrected chi connectivity index (χ3v) is 2.82. The number of hydrogen-bond donors (Lipinski definition) is 0. The van der Waals surface area contributed by atoms with Gasteiger partial charge in [0.25, 0.3) is 0 Å². The van der Waals surface area contributed by atoms with Crippen LogP contribution in [0.1, 0.15) is 12.8 Å². The first kappa shape index (κ1) is 13.4. The van der Waals surface area contributed by atoms with Crippen LogP contribution in [-0.2, 0) is 19.1 Å². The molecule has 1 unspecified atom stereocenters. The number of halogens is 1. The van der Waals surface area contributed by atoms with E-state index in [0.29, 0.717) is 31.4 Å². The Hall–Kier alpha value is -0.620. The summed E-state index contributed by atoms with van der Waals surface area (Å²) in [4.78, 5) is 24.4. The number of esters is 1. The third-order valence-electron chi connectivity index (χ3n) is 2.42. The number of rotatable bonds is 4. The molecule has 0 aromatic carbocycles. The molecule has 16 heavy (non-hydrogen) atoms. The van der Waals surface area contributed by atoms with Gasteiger partial charge < -0.3 is 14.4 Å². The van der Waals surface area contributed by atoms with Gasteiger partial charge in [-0.15, -0.1) is 0 Å². The summed E-state index contributed by atoms with van der Waals surface area (Å²) in [6.45, 7) is 1.56. The lowest BCUT2D eigenvalue weighted by molar-refractivity contribution is -0.149. The molecule has 1 atom stereocenters. The summed E-state index contributed by atoms with van der Waals surface area (Å²) in [7, 11) is 1.35. The zero-order valence-corrected chi connectivity index (χ0v) is 10.9. The maximum absolute atomic E-state index is 11.6. The Morgan fingerprint density at radius 2 is 2.31 bits per heavy atom. The normalized spacial score (nSPS) is 20.6. The van der Waals surface area contributed by atoms with Crippen molar-refractivity contribution in [3.05, 3.63) is 0 Å². The van der Waals surface area contributed by atoms with E-state index in [4.69, 9.17) is 4.74 Å². The van der Waals surface area contributed by atoms with E-state index in [-0.39, 0.29) is 24.4 Å². The first-order valence-corrected chi connectivity index (χ1v) is 6.31. The SMILES string of the molecule is COC(=O)CC1CN(C(=O)CCBr)CCO1. The molecule has 1 amide bonds. The van der Waals surface area contributed by atoms with Crippen molar-refractivity contribution in [1.82, 2.24) is 4.90 Å². The molecule has 6 heteroatoms. The second-order valence-corrected chi connectivity index (χ2v) is 4.34. The van der Waals surface area contributed by atoms with E-state index in [2.05, 4.69) is 20.7 Å². The molecule has 1 fully saturated rings. The van der Waals surface area contributed by atoms with Gasteiger partial charge in [-0.05, 0) is 0 Å². The topological polar surface area (TPSA) is 55.8 Å². The highest BCUT2D eigenvalue weighted by Gasteiger charge is 2.25. The standard InChI is InChI=1S/C10H16BrNO4/c1-15-10(14)6-8-7-12(4-5-16-8)9(13)2-3-11/h8H,2-7H2,1H3. The Balaban J connectivity index is 2.40. The summed E-state index contributed by atoms with van der Waals surface area (Å²) in [5, 5.41) is 0.658. The van der Waals surface area contributed by atoms with Gasteiger partial charge in [-0.3, -0.25) is 9.59 Å². The van der Waals surface area contributed by atoms with Crippen molar-refractivity contribution < 1.29 is 19.1 Å². The van der Waals surface area contributed by atoms with Crippen LogP contribution in [0.15, 0.2) is 0 Å². The first-order valence-electron chi connectivity index (χ1n) is 5.19. The van der Waals surface area contributed by atoms with E-state index in [0.717, 1.165) is 0 Å². The predicted octanol–water partition coefficient (Wildman–Crippen LogP) is 0.562.